The maximum atomic E-state index is 13.0. The average molecular weight is 271 g/mol. The fourth-order valence-corrected chi connectivity index (χ4v) is 2.00. The molecule has 3 nitrogen and oxygen atoms in total. The zero-order valence-corrected chi connectivity index (χ0v) is 11.0. The quantitative estimate of drug-likeness (QED) is 0.804. The molecule has 0 atom stereocenters. The number of aromatic nitrogens is 2. The number of halogens is 3. The van der Waals surface area contributed by atoms with E-state index >= 15 is 0 Å². The summed E-state index contributed by atoms with van der Waals surface area (Å²) in [4.78, 5) is 3.69. The highest BCUT2D eigenvalue weighted by Gasteiger charge is 2.38. The van der Waals surface area contributed by atoms with Crippen molar-refractivity contribution in [1.29, 1.82) is 0 Å². The van der Waals surface area contributed by atoms with Crippen LogP contribution in [0.4, 0.5) is 18.9 Å². The van der Waals surface area contributed by atoms with Crippen LogP contribution in [0.5, 0.6) is 0 Å². The third-order valence-corrected chi connectivity index (χ3v) is 2.66. The third kappa shape index (κ3) is 2.83. The summed E-state index contributed by atoms with van der Waals surface area (Å²) in [5.41, 5.74) is 6.44. The second-order valence-corrected chi connectivity index (χ2v) is 5.83. The monoisotopic (exact) mass is 271 g/mol. The summed E-state index contributed by atoms with van der Waals surface area (Å²) < 4.78 is 40.4. The molecule has 0 fully saturated rings. The number of nitrogens with two attached hydrogens (primary N) is 1. The molecule has 0 aliphatic carbocycles. The van der Waals surface area contributed by atoms with Crippen molar-refractivity contribution in [2.45, 2.75) is 33.5 Å². The molecule has 0 bridgehead atoms. The minimum Gasteiger partial charge on any atom is -0.399 e. The Hall–Kier alpha value is -1.72. The first-order valence-corrected chi connectivity index (χ1v) is 5.91. The molecule has 0 spiro atoms. The number of rotatable bonds is 1. The Morgan fingerprint density at radius 1 is 1.21 bits per heavy atom. The van der Waals surface area contributed by atoms with Gasteiger partial charge < -0.3 is 10.3 Å². The summed E-state index contributed by atoms with van der Waals surface area (Å²) in [5, 5.41) is 0. The Morgan fingerprint density at radius 2 is 1.84 bits per heavy atom. The van der Waals surface area contributed by atoms with Gasteiger partial charge in [-0.2, -0.15) is 13.2 Å². The number of fused-ring (bicyclic) bond motifs is 1. The number of hydrogen-bond donors (Lipinski definition) is 1. The SMILES string of the molecule is CC(C)(C)Cn1c(C(F)(F)F)nc2cc(N)ccc21. The standard InChI is InChI=1S/C13H16F3N3/c1-12(2,3)7-19-10-5-4-8(17)6-9(10)18-11(19)13(14,15)16/h4-6H,7,17H2,1-3H3. The predicted octanol–water partition coefficient (Wildman–Crippen LogP) is 3.68. The summed E-state index contributed by atoms with van der Waals surface area (Å²) in [6.07, 6.45) is -4.47. The molecule has 0 aliphatic rings. The van der Waals surface area contributed by atoms with Crippen molar-refractivity contribution in [3.8, 4) is 0 Å². The van der Waals surface area contributed by atoms with Gasteiger partial charge in [0.15, 0.2) is 0 Å². The van der Waals surface area contributed by atoms with Crippen LogP contribution in [0, 0.1) is 5.41 Å². The van der Waals surface area contributed by atoms with E-state index in [-0.39, 0.29) is 17.5 Å². The fraction of sp³-hybridized carbons (Fsp3) is 0.462. The molecule has 0 radical (unpaired) electrons. The molecule has 0 amide bonds. The van der Waals surface area contributed by atoms with Crippen molar-refractivity contribution in [1.82, 2.24) is 9.55 Å². The first-order chi connectivity index (χ1) is 8.58. The number of nitrogen functional groups attached to an aromatic ring is 1. The molecule has 104 valence electrons. The lowest BCUT2D eigenvalue weighted by Gasteiger charge is -2.21. The van der Waals surface area contributed by atoms with Crippen LogP contribution in [-0.4, -0.2) is 9.55 Å². The number of nitrogens with zero attached hydrogens (tertiary/aromatic N) is 2. The average Bonchev–Trinajstić information content (AvgIpc) is 2.53. The van der Waals surface area contributed by atoms with Crippen LogP contribution < -0.4 is 5.73 Å². The smallest absolute Gasteiger partial charge is 0.399 e. The van der Waals surface area contributed by atoms with E-state index in [2.05, 4.69) is 4.98 Å². The number of benzene rings is 1. The van der Waals surface area contributed by atoms with Crippen LogP contribution in [0.25, 0.3) is 11.0 Å². The molecular weight excluding hydrogens is 255 g/mol. The van der Waals surface area contributed by atoms with Crippen molar-refractivity contribution in [3.05, 3.63) is 24.0 Å². The number of hydrogen-bond acceptors (Lipinski definition) is 2. The topological polar surface area (TPSA) is 43.8 Å². The summed E-state index contributed by atoms with van der Waals surface area (Å²) in [7, 11) is 0. The van der Waals surface area contributed by atoms with Crippen LogP contribution in [0.15, 0.2) is 18.2 Å². The summed E-state index contributed by atoms with van der Waals surface area (Å²) >= 11 is 0. The highest BCUT2D eigenvalue weighted by atomic mass is 19.4. The fourth-order valence-electron chi connectivity index (χ4n) is 2.00. The van der Waals surface area contributed by atoms with E-state index in [4.69, 9.17) is 5.73 Å². The molecule has 0 saturated heterocycles. The van der Waals surface area contributed by atoms with E-state index in [1.807, 2.05) is 20.8 Å². The Morgan fingerprint density at radius 3 is 2.37 bits per heavy atom. The van der Waals surface area contributed by atoms with Gasteiger partial charge in [-0.3, -0.25) is 0 Å². The second kappa shape index (κ2) is 4.15. The first kappa shape index (κ1) is 13.7. The molecule has 0 saturated carbocycles. The lowest BCUT2D eigenvalue weighted by Crippen LogP contribution is -2.21. The number of anilines is 1. The lowest BCUT2D eigenvalue weighted by molar-refractivity contribution is -0.147. The largest absolute Gasteiger partial charge is 0.449 e. The number of imidazole rings is 1. The van der Waals surface area contributed by atoms with Crippen molar-refractivity contribution >= 4 is 16.7 Å². The maximum absolute atomic E-state index is 13.0. The van der Waals surface area contributed by atoms with Gasteiger partial charge in [0.25, 0.3) is 0 Å². The van der Waals surface area contributed by atoms with Crippen LogP contribution in [0.1, 0.15) is 26.6 Å². The second-order valence-electron chi connectivity index (χ2n) is 5.83. The molecule has 1 aromatic heterocycles. The predicted molar refractivity (Wildman–Crippen MR) is 68.6 cm³/mol. The normalized spacial score (nSPS) is 13.2. The van der Waals surface area contributed by atoms with Gasteiger partial charge in [-0.1, -0.05) is 20.8 Å². The van der Waals surface area contributed by atoms with E-state index in [9.17, 15) is 13.2 Å². The van der Waals surface area contributed by atoms with Gasteiger partial charge in [-0.15, -0.1) is 0 Å². The maximum Gasteiger partial charge on any atom is 0.449 e. The number of alkyl halides is 3. The van der Waals surface area contributed by atoms with Crippen LogP contribution in [-0.2, 0) is 12.7 Å². The molecule has 2 aromatic rings. The Bertz CT molecular complexity index is 606. The van der Waals surface area contributed by atoms with Crippen molar-refractivity contribution in [2.75, 3.05) is 5.73 Å². The van der Waals surface area contributed by atoms with Gasteiger partial charge in [-0.25, -0.2) is 4.98 Å². The minimum absolute atomic E-state index is 0.238. The molecule has 6 heteroatoms. The molecule has 0 unspecified atom stereocenters. The van der Waals surface area contributed by atoms with E-state index in [0.29, 0.717) is 11.2 Å². The van der Waals surface area contributed by atoms with Crippen molar-refractivity contribution in [2.24, 2.45) is 5.41 Å². The summed E-state index contributed by atoms with van der Waals surface area (Å²) in [6, 6.07) is 4.63. The zero-order chi connectivity index (χ0) is 14.4. The molecule has 0 aliphatic heterocycles. The van der Waals surface area contributed by atoms with Crippen molar-refractivity contribution in [3.63, 3.8) is 0 Å². The summed E-state index contributed by atoms with van der Waals surface area (Å²) in [5.74, 6) is -0.872. The van der Waals surface area contributed by atoms with Gasteiger partial charge in [0.05, 0.1) is 11.0 Å². The molecule has 2 rings (SSSR count). The van der Waals surface area contributed by atoms with Gasteiger partial charge in [0, 0.05) is 12.2 Å². The molecular formula is C13H16F3N3. The molecule has 2 N–H and O–H groups in total. The van der Waals surface area contributed by atoms with Gasteiger partial charge in [0.2, 0.25) is 5.82 Å². The lowest BCUT2D eigenvalue weighted by atomic mass is 9.96. The Kier molecular flexibility index (Phi) is 2.99. The van der Waals surface area contributed by atoms with Crippen LogP contribution in [0.2, 0.25) is 0 Å². The molecule has 1 aromatic carbocycles. The highest BCUT2D eigenvalue weighted by molar-refractivity contribution is 5.79. The Balaban J connectivity index is 2.69. The van der Waals surface area contributed by atoms with Gasteiger partial charge >= 0.3 is 6.18 Å². The third-order valence-electron chi connectivity index (χ3n) is 2.66. The van der Waals surface area contributed by atoms with Crippen LogP contribution >= 0.6 is 0 Å². The molecule has 19 heavy (non-hydrogen) atoms. The van der Waals surface area contributed by atoms with Gasteiger partial charge in [-0.05, 0) is 23.6 Å². The Labute approximate surface area is 109 Å². The van der Waals surface area contributed by atoms with E-state index in [1.54, 1.807) is 12.1 Å². The summed E-state index contributed by atoms with van der Waals surface area (Å²) in [6.45, 7) is 5.89. The van der Waals surface area contributed by atoms with E-state index in [1.165, 1.54) is 10.6 Å². The first-order valence-electron chi connectivity index (χ1n) is 5.91. The van der Waals surface area contributed by atoms with E-state index < -0.39 is 12.0 Å². The minimum atomic E-state index is -4.47. The zero-order valence-electron chi connectivity index (χ0n) is 11.0. The highest BCUT2D eigenvalue weighted by Crippen LogP contribution is 2.34. The molecule has 1 heterocycles. The van der Waals surface area contributed by atoms with Crippen molar-refractivity contribution < 1.29 is 13.2 Å². The van der Waals surface area contributed by atoms with Gasteiger partial charge in [0.1, 0.15) is 0 Å². The van der Waals surface area contributed by atoms with Crippen LogP contribution in [0.3, 0.4) is 0 Å². The van der Waals surface area contributed by atoms with E-state index in [0.717, 1.165) is 0 Å².